The fourth-order valence-corrected chi connectivity index (χ4v) is 1.45. The minimum Gasteiger partial charge on any atom is -0.379 e. The van der Waals surface area contributed by atoms with Gasteiger partial charge in [0.1, 0.15) is 0 Å². The molecule has 0 aromatic heterocycles. The molecule has 0 amide bonds. The standard InChI is InChI=1S/C10H10BrClFN/c11-8-4-3-5-9(10(8)13)14-7-2-1-6-12/h1-5,14H,6-7H2/b2-1+. The van der Waals surface area contributed by atoms with Crippen molar-refractivity contribution in [1.29, 1.82) is 0 Å². The van der Waals surface area contributed by atoms with Gasteiger partial charge in [-0.2, -0.15) is 0 Å². The number of hydrogen-bond acceptors (Lipinski definition) is 1. The molecule has 0 aliphatic carbocycles. The van der Waals surface area contributed by atoms with Gasteiger partial charge in [0, 0.05) is 12.4 Å². The van der Waals surface area contributed by atoms with E-state index in [4.69, 9.17) is 11.6 Å². The van der Waals surface area contributed by atoms with E-state index in [1.54, 1.807) is 18.2 Å². The Morgan fingerprint density at radius 3 is 2.93 bits per heavy atom. The van der Waals surface area contributed by atoms with Gasteiger partial charge in [0.15, 0.2) is 5.82 Å². The van der Waals surface area contributed by atoms with Gasteiger partial charge in [-0.1, -0.05) is 18.2 Å². The Hall–Kier alpha value is -0.540. The molecule has 1 aromatic carbocycles. The van der Waals surface area contributed by atoms with Crippen molar-refractivity contribution in [2.24, 2.45) is 0 Å². The maximum absolute atomic E-state index is 13.4. The van der Waals surface area contributed by atoms with E-state index in [9.17, 15) is 4.39 Å². The van der Waals surface area contributed by atoms with E-state index in [0.717, 1.165) is 0 Å². The maximum atomic E-state index is 13.4. The van der Waals surface area contributed by atoms with E-state index in [1.165, 1.54) is 0 Å². The summed E-state index contributed by atoms with van der Waals surface area (Å²) in [6.07, 6.45) is 3.66. The maximum Gasteiger partial charge on any atom is 0.160 e. The zero-order valence-electron chi connectivity index (χ0n) is 7.43. The second kappa shape index (κ2) is 6.04. The normalized spacial score (nSPS) is 10.8. The number of benzene rings is 1. The third-order valence-corrected chi connectivity index (χ3v) is 2.41. The van der Waals surface area contributed by atoms with Gasteiger partial charge in [0.2, 0.25) is 0 Å². The van der Waals surface area contributed by atoms with E-state index in [2.05, 4.69) is 21.2 Å². The third-order valence-electron chi connectivity index (χ3n) is 1.62. The first kappa shape index (κ1) is 11.5. The molecule has 0 saturated carbocycles. The van der Waals surface area contributed by atoms with Crippen molar-refractivity contribution in [3.63, 3.8) is 0 Å². The van der Waals surface area contributed by atoms with E-state index < -0.39 is 0 Å². The highest BCUT2D eigenvalue weighted by molar-refractivity contribution is 9.10. The van der Waals surface area contributed by atoms with Gasteiger partial charge >= 0.3 is 0 Å². The van der Waals surface area contributed by atoms with Crippen LogP contribution < -0.4 is 5.32 Å². The molecule has 76 valence electrons. The predicted octanol–water partition coefficient (Wildman–Crippen LogP) is 3.80. The van der Waals surface area contributed by atoms with Crippen LogP contribution in [0.1, 0.15) is 0 Å². The molecule has 0 spiro atoms. The summed E-state index contributed by atoms with van der Waals surface area (Å²) in [5, 5.41) is 2.94. The lowest BCUT2D eigenvalue weighted by molar-refractivity contribution is 0.624. The molecule has 0 bridgehead atoms. The molecule has 1 N–H and O–H groups in total. The molecule has 0 unspecified atom stereocenters. The molecule has 0 radical (unpaired) electrons. The molecule has 14 heavy (non-hydrogen) atoms. The molecule has 0 aliphatic rings. The Bertz CT molecular complexity index is 328. The first-order valence-corrected chi connectivity index (χ1v) is 5.47. The molecular formula is C10H10BrClFN. The van der Waals surface area contributed by atoms with E-state index in [0.29, 0.717) is 22.6 Å². The van der Waals surface area contributed by atoms with Crippen LogP contribution in [0.15, 0.2) is 34.8 Å². The van der Waals surface area contributed by atoms with Crippen molar-refractivity contribution in [2.45, 2.75) is 0 Å². The fourth-order valence-electron chi connectivity index (χ4n) is 0.956. The smallest absolute Gasteiger partial charge is 0.160 e. The first-order chi connectivity index (χ1) is 6.75. The Labute approximate surface area is 96.1 Å². The van der Waals surface area contributed by atoms with Crippen molar-refractivity contribution in [3.05, 3.63) is 40.6 Å². The second-order valence-corrected chi connectivity index (χ2v) is 3.77. The van der Waals surface area contributed by atoms with Crippen LogP contribution >= 0.6 is 27.5 Å². The fraction of sp³-hybridized carbons (Fsp3) is 0.200. The molecule has 0 aliphatic heterocycles. The van der Waals surface area contributed by atoms with Gasteiger partial charge in [-0.05, 0) is 28.1 Å². The number of alkyl halides is 1. The van der Waals surface area contributed by atoms with Gasteiger partial charge in [-0.15, -0.1) is 11.6 Å². The second-order valence-electron chi connectivity index (χ2n) is 2.61. The van der Waals surface area contributed by atoms with Crippen LogP contribution in [-0.2, 0) is 0 Å². The number of anilines is 1. The highest BCUT2D eigenvalue weighted by atomic mass is 79.9. The molecule has 0 atom stereocenters. The summed E-state index contributed by atoms with van der Waals surface area (Å²) < 4.78 is 13.8. The van der Waals surface area contributed by atoms with E-state index in [-0.39, 0.29) is 5.82 Å². The summed E-state index contributed by atoms with van der Waals surface area (Å²) in [6, 6.07) is 5.13. The third kappa shape index (κ3) is 3.31. The molecule has 0 fully saturated rings. The zero-order chi connectivity index (χ0) is 10.4. The molecular weight excluding hydrogens is 268 g/mol. The van der Waals surface area contributed by atoms with Gasteiger partial charge in [0.05, 0.1) is 10.2 Å². The Kier molecular flexibility index (Phi) is 4.98. The Balaban J connectivity index is 2.59. The van der Waals surface area contributed by atoms with Gasteiger partial charge in [0.25, 0.3) is 0 Å². The number of allylic oxidation sites excluding steroid dienone is 1. The van der Waals surface area contributed by atoms with Crippen LogP contribution in [-0.4, -0.2) is 12.4 Å². The minimum absolute atomic E-state index is 0.272. The largest absolute Gasteiger partial charge is 0.379 e. The Morgan fingerprint density at radius 2 is 2.21 bits per heavy atom. The molecule has 0 heterocycles. The predicted molar refractivity (Wildman–Crippen MR) is 62.4 cm³/mol. The Morgan fingerprint density at radius 1 is 1.43 bits per heavy atom. The van der Waals surface area contributed by atoms with Crippen LogP contribution in [0, 0.1) is 5.82 Å². The average Bonchev–Trinajstić information content (AvgIpc) is 2.19. The van der Waals surface area contributed by atoms with Gasteiger partial charge < -0.3 is 5.32 Å². The van der Waals surface area contributed by atoms with Crippen molar-refractivity contribution in [3.8, 4) is 0 Å². The summed E-state index contributed by atoms with van der Waals surface area (Å²) in [7, 11) is 0. The molecule has 1 nitrogen and oxygen atoms in total. The quantitative estimate of drug-likeness (QED) is 0.652. The number of nitrogens with one attached hydrogen (secondary N) is 1. The molecule has 4 heteroatoms. The molecule has 1 aromatic rings. The lowest BCUT2D eigenvalue weighted by Crippen LogP contribution is -2.00. The lowest BCUT2D eigenvalue weighted by Gasteiger charge is -2.05. The van der Waals surface area contributed by atoms with Crippen molar-refractivity contribution < 1.29 is 4.39 Å². The number of rotatable bonds is 4. The van der Waals surface area contributed by atoms with Crippen LogP contribution in [0.3, 0.4) is 0 Å². The highest BCUT2D eigenvalue weighted by Gasteiger charge is 2.03. The lowest BCUT2D eigenvalue weighted by atomic mass is 10.3. The SMILES string of the molecule is Fc1c(Br)cccc1NC/C=C/CCl. The summed E-state index contributed by atoms with van der Waals surface area (Å²) in [5.74, 6) is 0.203. The van der Waals surface area contributed by atoms with Crippen molar-refractivity contribution in [2.75, 3.05) is 17.7 Å². The van der Waals surface area contributed by atoms with Crippen molar-refractivity contribution >= 4 is 33.2 Å². The monoisotopic (exact) mass is 277 g/mol. The van der Waals surface area contributed by atoms with Crippen LogP contribution in [0.4, 0.5) is 10.1 Å². The average molecular weight is 279 g/mol. The molecule has 0 saturated heterocycles. The first-order valence-electron chi connectivity index (χ1n) is 4.14. The summed E-state index contributed by atoms with van der Waals surface area (Å²) in [4.78, 5) is 0. The van der Waals surface area contributed by atoms with Crippen molar-refractivity contribution in [1.82, 2.24) is 0 Å². The van der Waals surface area contributed by atoms with Gasteiger partial charge in [-0.25, -0.2) is 4.39 Å². The van der Waals surface area contributed by atoms with Crippen LogP contribution in [0.25, 0.3) is 0 Å². The molecule has 1 rings (SSSR count). The minimum atomic E-state index is -0.272. The number of halogens is 3. The summed E-state index contributed by atoms with van der Waals surface area (Å²) in [5.41, 5.74) is 0.485. The summed E-state index contributed by atoms with van der Waals surface area (Å²) in [6.45, 7) is 0.570. The topological polar surface area (TPSA) is 12.0 Å². The van der Waals surface area contributed by atoms with E-state index >= 15 is 0 Å². The van der Waals surface area contributed by atoms with E-state index in [1.807, 2.05) is 12.2 Å². The zero-order valence-corrected chi connectivity index (χ0v) is 9.78. The highest BCUT2D eigenvalue weighted by Crippen LogP contribution is 2.22. The van der Waals surface area contributed by atoms with Gasteiger partial charge in [-0.3, -0.25) is 0 Å². The summed E-state index contributed by atoms with van der Waals surface area (Å²) >= 11 is 8.56. The van der Waals surface area contributed by atoms with Crippen LogP contribution in [0.2, 0.25) is 0 Å². The number of hydrogen-bond donors (Lipinski definition) is 1. The van der Waals surface area contributed by atoms with Crippen LogP contribution in [0.5, 0.6) is 0 Å².